The van der Waals surface area contributed by atoms with Gasteiger partial charge in [-0.2, -0.15) is 21.6 Å². The molecule has 0 saturated heterocycles. The molecule has 0 aliphatic rings. The zero-order valence-corrected chi connectivity index (χ0v) is 15.5. The molecule has 2 aromatic rings. The molecule has 1 amide bonds. The van der Waals surface area contributed by atoms with Crippen molar-refractivity contribution in [1.29, 1.82) is 0 Å². The zero-order chi connectivity index (χ0) is 21.3. The van der Waals surface area contributed by atoms with E-state index in [9.17, 15) is 31.2 Å². The van der Waals surface area contributed by atoms with Gasteiger partial charge in [-0.15, -0.1) is 0 Å². The highest BCUT2D eigenvalue weighted by molar-refractivity contribution is 7.88. The highest BCUT2D eigenvalue weighted by atomic mass is 32.2. The van der Waals surface area contributed by atoms with Gasteiger partial charge >= 0.3 is 21.6 Å². The predicted octanol–water partition coefficient (Wildman–Crippen LogP) is 2.91. The van der Waals surface area contributed by atoms with Gasteiger partial charge in [0.15, 0.2) is 5.75 Å². The Hall–Kier alpha value is -2.82. The zero-order valence-electron chi connectivity index (χ0n) is 14.7. The molecule has 0 aromatic heterocycles. The topological polar surface area (TPSA) is 110 Å². The number of rotatable bonds is 6. The molecule has 0 atom stereocenters. The summed E-state index contributed by atoms with van der Waals surface area (Å²) in [6, 6.07) is 8.31. The van der Waals surface area contributed by atoms with Crippen LogP contribution >= 0.6 is 0 Å². The van der Waals surface area contributed by atoms with E-state index in [2.05, 4.69) is 9.50 Å². The SMILES string of the molecule is CC(C)(CNC(=O)c1ccc2ccccc2c1OS(=O)(=O)C(F)(F)F)C(=O)O. The molecule has 0 fully saturated rings. The lowest BCUT2D eigenvalue weighted by Crippen LogP contribution is -2.39. The van der Waals surface area contributed by atoms with Crippen molar-refractivity contribution in [2.75, 3.05) is 6.54 Å². The number of fused-ring (bicyclic) bond motifs is 1. The normalized spacial score (nSPS) is 12.6. The minimum absolute atomic E-state index is 0.0273. The highest BCUT2D eigenvalue weighted by Crippen LogP contribution is 2.35. The largest absolute Gasteiger partial charge is 0.534 e. The van der Waals surface area contributed by atoms with E-state index in [1.54, 1.807) is 6.07 Å². The van der Waals surface area contributed by atoms with E-state index in [-0.39, 0.29) is 11.9 Å². The van der Waals surface area contributed by atoms with E-state index < -0.39 is 44.2 Å². The molecule has 0 saturated carbocycles. The second-order valence-corrected chi connectivity index (χ2v) is 8.06. The van der Waals surface area contributed by atoms with Crippen LogP contribution < -0.4 is 9.50 Å². The maximum absolute atomic E-state index is 12.8. The van der Waals surface area contributed by atoms with Crippen molar-refractivity contribution in [3.8, 4) is 5.75 Å². The smallest absolute Gasteiger partial charge is 0.481 e. The summed E-state index contributed by atoms with van der Waals surface area (Å²) in [5, 5.41) is 11.7. The molecule has 11 heteroatoms. The molecular weight excluding hydrogens is 403 g/mol. The average molecular weight is 419 g/mol. The Balaban J connectivity index is 2.51. The molecule has 2 N–H and O–H groups in total. The minimum Gasteiger partial charge on any atom is -0.481 e. The number of carbonyl (C=O) groups is 2. The second-order valence-electron chi connectivity index (χ2n) is 6.52. The summed E-state index contributed by atoms with van der Waals surface area (Å²) in [5.74, 6) is -2.98. The number of alkyl halides is 3. The van der Waals surface area contributed by atoms with Gasteiger partial charge in [-0.05, 0) is 25.3 Å². The number of aliphatic carboxylic acids is 1. The fourth-order valence-electron chi connectivity index (χ4n) is 2.14. The summed E-state index contributed by atoms with van der Waals surface area (Å²) in [7, 11) is -6.03. The molecule has 152 valence electrons. The van der Waals surface area contributed by atoms with E-state index >= 15 is 0 Å². The third-order valence-electron chi connectivity index (χ3n) is 3.87. The maximum atomic E-state index is 12.8. The van der Waals surface area contributed by atoms with Crippen LogP contribution in [0.2, 0.25) is 0 Å². The minimum atomic E-state index is -6.03. The molecule has 7 nitrogen and oxygen atoms in total. The van der Waals surface area contributed by atoms with E-state index in [1.165, 1.54) is 38.1 Å². The van der Waals surface area contributed by atoms with Gasteiger partial charge in [-0.25, -0.2) is 0 Å². The van der Waals surface area contributed by atoms with Gasteiger partial charge < -0.3 is 14.6 Å². The Morgan fingerprint density at radius 2 is 1.71 bits per heavy atom. The molecule has 0 heterocycles. The number of hydrogen-bond donors (Lipinski definition) is 2. The van der Waals surface area contributed by atoms with Gasteiger partial charge in [-0.3, -0.25) is 9.59 Å². The van der Waals surface area contributed by atoms with Crippen molar-refractivity contribution in [1.82, 2.24) is 5.32 Å². The molecule has 0 radical (unpaired) electrons. The molecule has 0 unspecified atom stereocenters. The first kappa shape index (κ1) is 21.5. The molecule has 0 spiro atoms. The van der Waals surface area contributed by atoms with Gasteiger partial charge in [0.2, 0.25) is 0 Å². The number of hydrogen-bond acceptors (Lipinski definition) is 5. The van der Waals surface area contributed by atoms with Gasteiger partial charge in [0, 0.05) is 11.9 Å². The predicted molar refractivity (Wildman–Crippen MR) is 93.3 cm³/mol. The van der Waals surface area contributed by atoms with E-state index in [4.69, 9.17) is 5.11 Å². The number of benzene rings is 2. The Labute approximate surface area is 158 Å². The standard InChI is InChI=1S/C17H16F3NO6S/c1-16(2,15(23)24)9-21-14(22)12-8-7-10-5-3-4-6-11(10)13(12)27-28(25,26)17(18,19)20/h3-8H,9H2,1-2H3,(H,21,22)(H,23,24). The van der Waals surface area contributed by atoms with Crippen LogP contribution in [0.5, 0.6) is 5.75 Å². The van der Waals surface area contributed by atoms with Crippen LogP contribution in [0.4, 0.5) is 13.2 Å². The molecular formula is C17H16F3NO6S. The Kier molecular flexibility index (Phi) is 5.60. The van der Waals surface area contributed by atoms with Crippen LogP contribution in [0.15, 0.2) is 36.4 Å². The second kappa shape index (κ2) is 7.30. The number of amides is 1. The lowest BCUT2D eigenvalue weighted by Gasteiger charge is -2.20. The third kappa shape index (κ3) is 4.35. The van der Waals surface area contributed by atoms with Crippen LogP contribution in [0, 0.1) is 5.41 Å². The van der Waals surface area contributed by atoms with Crippen LogP contribution in [0.1, 0.15) is 24.2 Å². The van der Waals surface area contributed by atoms with Crippen molar-refractivity contribution in [2.45, 2.75) is 19.4 Å². The van der Waals surface area contributed by atoms with E-state index in [0.29, 0.717) is 5.39 Å². The Morgan fingerprint density at radius 1 is 1.11 bits per heavy atom. The van der Waals surface area contributed by atoms with Gasteiger partial charge in [0.05, 0.1) is 11.0 Å². The first-order valence-corrected chi connectivity index (χ1v) is 9.21. The third-order valence-corrected chi connectivity index (χ3v) is 4.82. The quantitative estimate of drug-likeness (QED) is 0.550. The highest BCUT2D eigenvalue weighted by Gasteiger charge is 2.49. The fraction of sp³-hybridized carbons (Fsp3) is 0.294. The van der Waals surface area contributed by atoms with Crippen molar-refractivity contribution in [3.05, 3.63) is 42.0 Å². The summed E-state index contributed by atoms with van der Waals surface area (Å²) < 4.78 is 65.6. The number of carboxylic acids is 1. The number of carbonyl (C=O) groups excluding carboxylic acids is 1. The molecule has 0 aliphatic carbocycles. The molecule has 2 rings (SSSR count). The number of halogens is 3. The molecule has 0 bridgehead atoms. The van der Waals surface area contributed by atoms with Crippen molar-refractivity contribution < 1.29 is 40.5 Å². The summed E-state index contributed by atoms with van der Waals surface area (Å²) in [6.07, 6.45) is 0. The maximum Gasteiger partial charge on any atom is 0.534 e. The summed E-state index contributed by atoms with van der Waals surface area (Å²) >= 11 is 0. The number of nitrogens with one attached hydrogen (secondary N) is 1. The van der Waals surface area contributed by atoms with Crippen LogP contribution in [0.3, 0.4) is 0 Å². The van der Waals surface area contributed by atoms with Crippen LogP contribution in [0.25, 0.3) is 10.8 Å². The lowest BCUT2D eigenvalue weighted by atomic mass is 9.93. The van der Waals surface area contributed by atoms with Crippen LogP contribution in [-0.4, -0.2) is 37.5 Å². The molecule has 2 aromatic carbocycles. The van der Waals surface area contributed by atoms with E-state index in [1.807, 2.05) is 0 Å². The monoisotopic (exact) mass is 419 g/mol. The summed E-state index contributed by atoms with van der Waals surface area (Å²) in [4.78, 5) is 23.6. The molecule has 0 aliphatic heterocycles. The molecule has 28 heavy (non-hydrogen) atoms. The first-order valence-electron chi connectivity index (χ1n) is 7.80. The average Bonchev–Trinajstić information content (AvgIpc) is 2.58. The fourth-order valence-corrected chi connectivity index (χ4v) is 2.63. The summed E-state index contributed by atoms with van der Waals surface area (Å²) in [6.45, 7) is 2.32. The lowest BCUT2D eigenvalue weighted by molar-refractivity contribution is -0.146. The first-order chi connectivity index (χ1) is 12.8. The van der Waals surface area contributed by atoms with Gasteiger partial charge in [0.25, 0.3) is 5.91 Å². The van der Waals surface area contributed by atoms with Crippen molar-refractivity contribution >= 4 is 32.8 Å². The van der Waals surface area contributed by atoms with E-state index in [0.717, 1.165) is 6.07 Å². The Morgan fingerprint density at radius 3 is 2.29 bits per heavy atom. The van der Waals surface area contributed by atoms with Crippen LogP contribution in [-0.2, 0) is 14.9 Å². The van der Waals surface area contributed by atoms with Crippen molar-refractivity contribution in [2.24, 2.45) is 5.41 Å². The van der Waals surface area contributed by atoms with Gasteiger partial charge in [-0.1, -0.05) is 30.3 Å². The van der Waals surface area contributed by atoms with Crippen molar-refractivity contribution in [3.63, 3.8) is 0 Å². The number of carboxylic acid groups (broad SMARTS) is 1. The van der Waals surface area contributed by atoms with Gasteiger partial charge in [0.1, 0.15) is 0 Å². The summed E-state index contributed by atoms with van der Waals surface area (Å²) in [5.41, 5.74) is -7.53. The Bertz CT molecular complexity index is 1030.